The van der Waals surface area contributed by atoms with Gasteiger partial charge in [0.2, 0.25) is 5.88 Å². The Morgan fingerprint density at radius 1 is 1.29 bits per heavy atom. The second-order valence-electron chi connectivity index (χ2n) is 5.26. The second kappa shape index (κ2) is 13.8. The molecule has 1 heterocycles. The van der Waals surface area contributed by atoms with Crippen molar-refractivity contribution in [1.82, 2.24) is 15.2 Å². The van der Waals surface area contributed by atoms with Crippen LogP contribution < -0.4 is 10.1 Å². The van der Waals surface area contributed by atoms with E-state index in [-0.39, 0.29) is 1.43 Å². The molecule has 1 rings (SSSR count). The minimum atomic E-state index is 0. The number of hydrogen-bond acceptors (Lipinski definition) is 4. The predicted molar refractivity (Wildman–Crippen MR) is 93.0 cm³/mol. The van der Waals surface area contributed by atoms with Gasteiger partial charge in [0, 0.05) is 20.2 Å². The normalized spacial score (nSPS) is 10.2. The second-order valence-corrected chi connectivity index (χ2v) is 5.26. The quantitative estimate of drug-likeness (QED) is 0.707. The summed E-state index contributed by atoms with van der Waals surface area (Å²) in [6.45, 7) is 10.2. The summed E-state index contributed by atoms with van der Waals surface area (Å²) in [7, 11) is 4.07. The van der Waals surface area contributed by atoms with Crippen molar-refractivity contribution in [2.75, 3.05) is 33.8 Å². The van der Waals surface area contributed by atoms with Crippen LogP contribution in [-0.2, 0) is 6.54 Å². The van der Waals surface area contributed by atoms with Gasteiger partial charge in [0.1, 0.15) is 0 Å². The molecule has 0 fully saturated rings. The van der Waals surface area contributed by atoms with Gasteiger partial charge in [0.15, 0.2) is 0 Å². The molecule has 0 amide bonds. The summed E-state index contributed by atoms with van der Waals surface area (Å²) in [4.78, 5) is 6.62. The Bertz CT molecular complexity index is 333. The van der Waals surface area contributed by atoms with E-state index in [4.69, 9.17) is 4.74 Å². The molecule has 1 aromatic heterocycles. The highest BCUT2D eigenvalue weighted by Crippen LogP contribution is 2.09. The van der Waals surface area contributed by atoms with Crippen LogP contribution in [0.4, 0.5) is 0 Å². The number of aromatic nitrogens is 1. The average Bonchev–Trinajstić information content (AvgIpc) is 2.46. The first-order chi connectivity index (χ1) is 10.2. The first kappa shape index (κ1) is 19.9. The fourth-order valence-electron chi connectivity index (χ4n) is 1.79. The van der Waals surface area contributed by atoms with Gasteiger partial charge in [0.05, 0.1) is 6.61 Å². The highest BCUT2D eigenvalue weighted by molar-refractivity contribution is 5.17. The van der Waals surface area contributed by atoms with Crippen molar-refractivity contribution in [3.8, 4) is 5.88 Å². The van der Waals surface area contributed by atoms with Crippen molar-refractivity contribution < 1.29 is 6.16 Å². The number of pyridine rings is 1. The molecule has 4 heteroatoms. The smallest absolute Gasteiger partial charge is 0.213 e. The average molecular weight is 297 g/mol. The van der Waals surface area contributed by atoms with Gasteiger partial charge in [-0.2, -0.15) is 0 Å². The van der Waals surface area contributed by atoms with Crippen LogP contribution in [0, 0.1) is 0 Å². The fourth-order valence-corrected chi connectivity index (χ4v) is 1.79. The molecule has 4 nitrogen and oxygen atoms in total. The van der Waals surface area contributed by atoms with Gasteiger partial charge in [-0.1, -0.05) is 33.3 Å². The van der Waals surface area contributed by atoms with Crippen LogP contribution in [0.3, 0.4) is 0 Å². The zero-order valence-corrected chi connectivity index (χ0v) is 14.5. The van der Waals surface area contributed by atoms with Crippen molar-refractivity contribution in [1.29, 1.82) is 0 Å². The summed E-state index contributed by atoms with van der Waals surface area (Å²) >= 11 is 0. The Balaban J connectivity index is 0. The largest absolute Gasteiger partial charge is 0.478 e. The summed E-state index contributed by atoms with van der Waals surface area (Å²) in [6, 6.07) is 4.04. The van der Waals surface area contributed by atoms with Crippen molar-refractivity contribution in [3.05, 3.63) is 23.9 Å². The number of nitrogens with one attached hydrogen (secondary N) is 1. The number of ether oxygens (including phenoxy) is 1. The van der Waals surface area contributed by atoms with Gasteiger partial charge in [0.25, 0.3) is 0 Å². The molecular formula is C17H35N3O. The van der Waals surface area contributed by atoms with Crippen molar-refractivity contribution in [2.24, 2.45) is 0 Å². The molecule has 0 atom stereocenters. The SMILES string of the molecule is CCC.CCCN(C)Cc1ccc(OCCCNC)nc1.[HH]. The zero-order valence-electron chi connectivity index (χ0n) is 14.5. The molecule has 21 heavy (non-hydrogen) atoms. The molecule has 0 saturated carbocycles. The summed E-state index contributed by atoms with van der Waals surface area (Å²) in [6.07, 6.45) is 5.33. The monoisotopic (exact) mass is 297 g/mol. The van der Waals surface area contributed by atoms with Crippen molar-refractivity contribution in [3.63, 3.8) is 0 Å². The van der Waals surface area contributed by atoms with E-state index in [1.807, 2.05) is 19.3 Å². The first-order valence-electron chi connectivity index (χ1n) is 8.08. The highest BCUT2D eigenvalue weighted by atomic mass is 16.5. The molecule has 0 radical (unpaired) electrons. The molecule has 0 bridgehead atoms. The third-order valence-electron chi connectivity index (χ3n) is 2.68. The topological polar surface area (TPSA) is 37.4 Å². The Kier molecular flexibility index (Phi) is 13.1. The maximum Gasteiger partial charge on any atom is 0.213 e. The lowest BCUT2D eigenvalue weighted by Crippen LogP contribution is -2.18. The molecule has 0 unspecified atom stereocenters. The lowest BCUT2D eigenvalue weighted by Gasteiger charge is -2.15. The molecule has 0 aliphatic carbocycles. The Hall–Kier alpha value is -1.13. The zero-order chi connectivity index (χ0) is 15.9. The maximum absolute atomic E-state index is 5.55. The molecule has 0 aromatic carbocycles. The number of rotatable bonds is 9. The Morgan fingerprint density at radius 2 is 2.00 bits per heavy atom. The van der Waals surface area contributed by atoms with Crippen LogP contribution in [0.1, 0.15) is 47.0 Å². The molecule has 1 aromatic rings. The van der Waals surface area contributed by atoms with Gasteiger partial charge in [-0.25, -0.2) is 4.98 Å². The van der Waals surface area contributed by atoms with Crippen LogP contribution in [0.5, 0.6) is 5.88 Å². The van der Waals surface area contributed by atoms with E-state index in [0.717, 1.165) is 26.1 Å². The van der Waals surface area contributed by atoms with Gasteiger partial charge >= 0.3 is 0 Å². The van der Waals surface area contributed by atoms with Crippen molar-refractivity contribution >= 4 is 0 Å². The minimum Gasteiger partial charge on any atom is -0.478 e. The third kappa shape index (κ3) is 11.2. The summed E-state index contributed by atoms with van der Waals surface area (Å²) < 4.78 is 5.55. The molecule has 0 aliphatic rings. The lowest BCUT2D eigenvalue weighted by atomic mass is 10.2. The van der Waals surface area contributed by atoms with E-state index in [0.29, 0.717) is 12.5 Å². The van der Waals surface area contributed by atoms with Gasteiger partial charge in [-0.05, 0) is 45.6 Å². The molecule has 124 valence electrons. The third-order valence-corrected chi connectivity index (χ3v) is 2.68. The van der Waals surface area contributed by atoms with E-state index in [1.165, 1.54) is 18.4 Å². The van der Waals surface area contributed by atoms with E-state index in [1.54, 1.807) is 0 Å². The molecule has 0 spiro atoms. The first-order valence-corrected chi connectivity index (χ1v) is 8.08. The molecule has 0 aliphatic heterocycles. The van der Waals surface area contributed by atoms with E-state index in [9.17, 15) is 0 Å². The van der Waals surface area contributed by atoms with E-state index < -0.39 is 0 Å². The minimum absolute atomic E-state index is 0. The van der Waals surface area contributed by atoms with Crippen LogP contribution in [-0.4, -0.2) is 43.7 Å². The number of nitrogens with zero attached hydrogens (tertiary/aromatic N) is 2. The molecule has 1 N–H and O–H groups in total. The maximum atomic E-state index is 5.55. The summed E-state index contributed by atoms with van der Waals surface area (Å²) in [5.74, 6) is 0.716. The van der Waals surface area contributed by atoms with Crippen LogP contribution >= 0.6 is 0 Å². The lowest BCUT2D eigenvalue weighted by molar-refractivity contribution is 0.297. The van der Waals surface area contributed by atoms with E-state index >= 15 is 0 Å². The van der Waals surface area contributed by atoms with E-state index in [2.05, 4.69) is 49.1 Å². The fraction of sp³-hybridized carbons (Fsp3) is 0.706. The summed E-state index contributed by atoms with van der Waals surface area (Å²) in [5.41, 5.74) is 1.23. The number of hydrogen-bond donors (Lipinski definition) is 1. The standard InChI is InChI=1S/C14H25N3O.C3H8.H2/c1-4-9-17(3)12-13-6-7-14(16-11-13)18-10-5-8-15-2;1-3-2;/h6-7,11,15H,4-5,8-10,12H2,1-3H3;3H2,1-2H3;1H. The van der Waals surface area contributed by atoms with Crippen molar-refractivity contribution in [2.45, 2.75) is 46.6 Å². The van der Waals surface area contributed by atoms with Crippen LogP contribution in [0.2, 0.25) is 0 Å². The Labute approximate surface area is 132 Å². The highest BCUT2D eigenvalue weighted by Gasteiger charge is 2.00. The summed E-state index contributed by atoms with van der Waals surface area (Å²) in [5, 5.41) is 3.09. The van der Waals surface area contributed by atoms with Gasteiger partial charge < -0.3 is 15.0 Å². The van der Waals surface area contributed by atoms with Gasteiger partial charge in [-0.15, -0.1) is 0 Å². The molecule has 0 saturated heterocycles. The molecular weight excluding hydrogens is 262 g/mol. The van der Waals surface area contributed by atoms with Crippen LogP contribution in [0.15, 0.2) is 18.3 Å². The van der Waals surface area contributed by atoms with Crippen LogP contribution in [0.25, 0.3) is 0 Å². The predicted octanol–water partition coefficient (Wildman–Crippen LogP) is 3.57. The van der Waals surface area contributed by atoms with Gasteiger partial charge in [-0.3, -0.25) is 0 Å². The Morgan fingerprint density at radius 3 is 2.52 bits per heavy atom.